The second-order valence-electron chi connectivity index (χ2n) is 5.46. The molecule has 0 bridgehead atoms. The summed E-state index contributed by atoms with van der Waals surface area (Å²) in [4.78, 5) is 25.0. The number of pyridine rings is 2. The summed E-state index contributed by atoms with van der Waals surface area (Å²) in [5.74, 6) is 1.05. The molecule has 0 spiro atoms. The van der Waals surface area contributed by atoms with E-state index in [1.165, 1.54) is 0 Å². The Balaban J connectivity index is 0.00000156. The standard InChI is InChI=1S/C16H18BrN5O.2ClH/c17-12-1-4-15(20-10-12)21-5-7-22(8-6-21)16(23)9-14-3-2-13(18)11-19-14;;/h1-4,10-11H,5-9,18H2;2*1H. The molecule has 0 saturated carbocycles. The van der Waals surface area contributed by atoms with Crippen LogP contribution in [0, 0.1) is 0 Å². The second-order valence-corrected chi connectivity index (χ2v) is 6.38. The Morgan fingerprint density at radius 1 is 1.04 bits per heavy atom. The van der Waals surface area contributed by atoms with Crippen molar-refractivity contribution in [2.24, 2.45) is 0 Å². The van der Waals surface area contributed by atoms with Crippen LogP contribution in [0.4, 0.5) is 11.5 Å². The molecule has 1 amide bonds. The zero-order chi connectivity index (χ0) is 16.2. The molecule has 0 atom stereocenters. The number of hydrogen-bond donors (Lipinski definition) is 1. The number of rotatable bonds is 3. The van der Waals surface area contributed by atoms with Crippen molar-refractivity contribution in [3.8, 4) is 0 Å². The Hall–Kier alpha value is -1.57. The zero-order valence-electron chi connectivity index (χ0n) is 13.5. The first-order valence-electron chi connectivity index (χ1n) is 7.46. The summed E-state index contributed by atoms with van der Waals surface area (Å²) in [7, 11) is 0. The van der Waals surface area contributed by atoms with Gasteiger partial charge in [0.25, 0.3) is 0 Å². The maximum atomic E-state index is 12.4. The average Bonchev–Trinajstić information content (AvgIpc) is 2.58. The molecule has 25 heavy (non-hydrogen) atoms. The molecule has 6 nitrogen and oxygen atoms in total. The molecule has 0 aliphatic carbocycles. The number of halogens is 3. The largest absolute Gasteiger partial charge is 0.397 e. The quantitative estimate of drug-likeness (QED) is 0.780. The average molecular weight is 449 g/mol. The lowest BCUT2D eigenvalue weighted by molar-refractivity contribution is -0.130. The fourth-order valence-electron chi connectivity index (χ4n) is 2.55. The van der Waals surface area contributed by atoms with Gasteiger partial charge in [-0.3, -0.25) is 9.78 Å². The lowest BCUT2D eigenvalue weighted by atomic mass is 10.2. The number of carbonyl (C=O) groups excluding carboxylic acids is 1. The highest BCUT2D eigenvalue weighted by molar-refractivity contribution is 9.10. The van der Waals surface area contributed by atoms with Crippen LogP contribution in [0.2, 0.25) is 0 Å². The number of piperazine rings is 1. The molecule has 3 heterocycles. The van der Waals surface area contributed by atoms with E-state index in [1.807, 2.05) is 17.0 Å². The zero-order valence-corrected chi connectivity index (χ0v) is 16.7. The predicted molar refractivity (Wildman–Crippen MR) is 108 cm³/mol. The van der Waals surface area contributed by atoms with E-state index in [-0.39, 0.29) is 30.7 Å². The lowest BCUT2D eigenvalue weighted by Gasteiger charge is -2.35. The van der Waals surface area contributed by atoms with Gasteiger partial charge >= 0.3 is 0 Å². The van der Waals surface area contributed by atoms with Crippen LogP contribution in [0.3, 0.4) is 0 Å². The maximum Gasteiger partial charge on any atom is 0.228 e. The van der Waals surface area contributed by atoms with Gasteiger partial charge in [-0.25, -0.2) is 4.98 Å². The van der Waals surface area contributed by atoms with Gasteiger partial charge in [0, 0.05) is 42.5 Å². The molecular formula is C16H20BrCl2N5O. The van der Waals surface area contributed by atoms with Crippen molar-refractivity contribution >= 4 is 58.2 Å². The summed E-state index contributed by atoms with van der Waals surface area (Å²) in [6.07, 6.45) is 3.69. The molecule has 1 fully saturated rings. The van der Waals surface area contributed by atoms with Gasteiger partial charge in [-0.2, -0.15) is 0 Å². The van der Waals surface area contributed by atoms with Crippen molar-refractivity contribution in [2.75, 3.05) is 36.8 Å². The number of carbonyl (C=O) groups is 1. The molecule has 2 aromatic rings. The summed E-state index contributed by atoms with van der Waals surface area (Å²) in [5.41, 5.74) is 6.97. The Kier molecular flexibility index (Phi) is 8.41. The van der Waals surface area contributed by atoms with Crippen LogP contribution in [-0.2, 0) is 11.2 Å². The summed E-state index contributed by atoms with van der Waals surface area (Å²) in [5, 5.41) is 0. The molecule has 0 aromatic carbocycles. The van der Waals surface area contributed by atoms with Gasteiger partial charge in [0.05, 0.1) is 18.3 Å². The minimum absolute atomic E-state index is 0. The summed E-state index contributed by atoms with van der Waals surface area (Å²) in [6, 6.07) is 7.54. The van der Waals surface area contributed by atoms with Gasteiger partial charge < -0.3 is 15.5 Å². The van der Waals surface area contributed by atoms with Crippen LogP contribution in [0.1, 0.15) is 5.69 Å². The Bertz CT molecular complexity index is 676. The number of nitrogen functional groups attached to an aromatic ring is 1. The molecule has 2 N–H and O–H groups in total. The Labute approximate surface area is 167 Å². The SMILES string of the molecule is Cl.Cl.Nc1ccc(CC(=O)N2CCN(c3ccc(Br)cn3)CC2)nc1. The van der Waals surface area contributed by atoms with E-state index in [0.29, 0.717) is 25.2 Å². The molecule has 9 heteroatoms. The molecule has 2 aromatic heterocycles. The van der Waals surface area contributed by atoms with Gasteiger partial charge in [0.2, 0.25) is 5.91 Å². The van der Waals surface area contributed by atoms with E-state index in [9.17, 15) is 4.79 Å². The van der Waals surface area contributed by atoms with Crippen LogP contribution in [0.25, 0.3) is 0 Å². The van der Waals surface area contributed by atoms with Gasteiger partial charge in [0.15, 0.2) is 0 Å². The van der Waals surface area contributed by atoms with Crippen LogP contribution < -0.4 is 10.6 Å². The highest BCUT2D eigenvalue weighted by Gasteiger charge is 2.22. The molecular weight excluding hydrogens is 429 g/mol. The van der Waals surface area contributed by atoms with Crippen LogP contribution in [-0.4, -0.2) is 47.0 Å². The summed E-state index contributed by atoms with van der Waals surface area (Å²) < 4.78 is 0.964. The third kappa shape index (κ3) is 5.73. The van der Waals surface area contributed by atoms with Crippen LogP contribution in [0.15, 0.2) is 41.1 Å². The minimum Gasteiger partial charge on any atom is -0.397 e. The van der Waals surface area contributed by atoms with Gasteiger partial charge in [-0.15, -0.1) is 24.8 Å². The van der Waals surface area contributed by atoms with Gasteiger partial charge in [0.1, 0.15) is 5.82 Å². The predicted octanol–water partition coefficient (Wildman–Crippen LogP) is 2.56. The Morgan fingerprint density at radius 2 is 1.76 bits per heavy atom. The number of aromatic nitrogens is 2. The number of anilines is 2. The number of hydrogen-bond acceptors (Lipinski definition) is 5. The molecule has 1 saturated heterocycles. The third-order valence-corrected chi connectivity index (χ3v) is 4.32. The molecule has 1 aliphatic rings. The number of nitrogens with two attached hydrogens (primary N) is 1. The van der Waals surface area contributed by atoms with E-state index >= 15 is 0 Å². The first kappa shape index (κ1) is 21.5. The highest BCUT2D eigenvalue weighted by Crippen LogP contribution is 2.17. The van der Waals surface area contributed by atoms with Crippen molar-refractivity contribution in [3.63, 3.8) is 0 Å². The van der Waals surface area contributed by atoms with Crippen LogP contribution in [0.5, 0.6) is 0 Å². The topological polar surface area (TPSA) is 75.4 Å². The monoisotopic (exact) mass is 447 g/mol. The van der Waals surface area contributed by atoms with Crippen LogP contribution >= 0.6 is 40.7 Å². The first-order chi connectivity index (χ1) is 11.1. The Morgan fingerprint density at radius 3 is 2.32 bits per heavy atom. The third-order valence-electron chi connectivity index (χ3n) is 3.85. The fourth-order valence-corrected chi connectivity index (χ4v) is 2.78. The van der Waals surface area contributed by atoms with E-state index in [1.54, 1.807) is 24.5 Å². The first-order valence-corrected chi connectivity index (χ1v) is 8.26. The van der Waals surface area contributed by atoms with Crippen molar-refractivity contribution < 1.29 is 4.79 Å². The fraction of sp³-hybridized carbons (Fsp3) is 0.312. The molecule has 1 aliphatic heterocycles. The second kappa shape index (κ2) is 9.79. The lowest BCUT2D eigenvalue weighted by Crippen LogP contribution is -2.49. The maximum absolute atomic E-state index is 12.4. The minimum atomic E-state index is 0. The van der Waals surface area contributed by atoms with E-state index in [0.717, 1.165) is 29.1 Å². The smallest absolute Gasteiger partial charge is 0.228 e. The van der Waals surface area contributed by atoms with Gasteiger partial charge in [-0.1, -0.05) is 0 Å². The van der Waals surface area contributed by atoms with E-state index < -0.39 is 0 Å². The van der Waals surface area contributed by atoms with Crippen molar-refractivity contribution in [2.45, 2.75) is 6.42 Å². The van der Waals surface area contributed by atoms with E-state index in [4.69, 9.17) is 5.73 Å². The summed E-state index contributed by atoms with van der Waals surface area (Å²) in [6.45, 7) is 2.97. The molecule has 0 radical (unpaired) electrons. The molecule has 0 unspecified atom stereocenters. The number of amides is 1. The molecule has 136 valence electrons. The van der Waals surface area contributed by atoms with Crippen molar-refractivity contribution in [3.05, 3.63) is 46.8 Å². The summed E-state index contributed by atoms with van der Waals surface area (Å²) >= 11 is 3.39. The van der Waals surface area contributed by atoms with Gasteiger partial charge in [-0.05, 0) is 40.2 Å². The molecule has 3 rings (SSSR count). The van der Waals surface area contributed by atoms with Crippen molar-refractivity contribution in [1.29, 1.82) is 0 Å². The highest BCUT2D eigenvalue weighted by atomic mass is 79.9. The normalized spacial score (nSPS) is 13.6. The number of nitrogens with zero attached hydrogens (tertiary/aromatic N) is 4. The van der Waals surface area contributed by atoms with E-state index in [2.05, 4.69) is 30.8 Å². The van der Waals surface area contributed by atoms with Crippen molar-refractivity contribution in [1.82, 2.24) is 14.9 Å².